The quantitative estimate of drug-likeness (QED) is 0.790. The lowest BCUT2D eigenvalue weighted by molar-refractivity contribution is 0.830. The normalized spacial score (nSPS) is 10.3. The topological polar surface area (TPSA) is 67.1 Å². The number of hydrogen-bond donors (Lipinski definition) is 2. The highest BCUT2D eigenvalue weighted by atomic mass is 15.2. The zero-order valence-electron chi connectivity index (χ0n) is 12.0. The first-order valence-corrected chi connectivity index (χ1v) is 6.87. The lowest BCUT2D eigenvalue weighted by Gasteiger charge is -2.21. The summed E-state index contributed by atoms with van der Waals surface area (Å²) in [6.07, 6.45) is 3.77. The van der Waals surface area contributed by atoms with Crippen LogP contribution in [-0.4, -0.2) is 23.6 Å². The highest BCUT2D eigenvalue weighted by Crippen LogP contribution is 2.30. The lowest BCUT2D eigenvalue weighted by atomic mass is 10.3. The highest BCUT2D eigenvalue weighted by Gasteiger charge is 2.12. The van der Waals surface area contributed by atoms with Crippen LogP contribution in [0, 0.1) is 0 Å². The number of para-hydroxylation sites is 1. The van der Waals surface area contributed by atoms with Crippen molar-refractivity contribution in [2.75, 3.05) is 29.5 Å². The number of anilines is 4. The molecule has 2 rings (SSSR count). The van der Waals surface area contributed by atoms with Crippen molar-refractivity contribution in [2.45, 2.75) is 19.8 Å². The van der Waals surface area contributed by atoms with Crippen LogP contribution in [0.5, 0.6) is 0 Å². The number of nitrogens with one attached hydrogen (secondary N) is 1. The zero-order valence-corrected chi connectivity index (χ0v) is 12.0. The van der Waals surface area contributed by atoms with Gasteiger partial charge in [0.1, 0.15) is 12.0 Å². The first-order valence-electron chi connectivity index (χ1n) is 6.87. The second kappa shape index (κ2) is 6.75. The summed E-state index contributed by atoms with van der Waals surface area (Å²) in [6.45, 7) is 3.02. The highest BCUT2D eigenvalue weighted by molar-refractivity contribution is 5.78. The number of aromatic nitrogens is 2. The van der Waals surface area contributed by atoms with Crippen molar-refractivity contribution in [1.29, 1.82) is 0 Å². The van der Waals surface area contributed by atoms with E-state index in [9.17, 15) is 0 Å². The summed E-state index contributed by atoms with van der Waals surface area (Å²) in [5, 5.41) is 3.26. The molecular formula is C15H21N5. The molecule has 5 nitrogen and oxygen atoms in total. The molecule has 0 saturated heterocycles. The molecule has 0 radical (unpaired) electrons. The van der Waals surface area contributed by atoms with Gasteiger partial charge in [0, 0.05) is 19.3 Å². The molecule has 0 aliphatic carbocycles. The molecule has 0 spiro atoms. The van der Waals surface area contributed by atoms with Gasteiger partial charge in [-0.25, -0.2) is 9.97 Å². The Balaban J connectivity index is 2.22. The van der Waals surface area contributed by atoms with Crippen molar-refractivity contribution in [3.8, 4) is 0 Å². The number of unbranched alkanes of at least 4 members (excludes halogenated alkanes) is 1. The molecule has 20 heavy (non-hydrogen) atoms. The molecule has 2 aromatic rings. The smallest absolute Gasteiger partial charge is 0.161 e. The molecule has 0 aliphatic rings. The third kappa shape index (κ3) is 3.17. The van der Waals surface area contributed by atoms with Gasteiger partial charge in [-0.15, -0.1) is 0 Å². The Morgan fingerprint density at radius 1 is 1.20 bits per heavy atom. The predicted octanol–water partition coefficient (Wildman–Crippen LogP) is 3.04. The summed E-state index contributed by atoms with van der Waals surface area (Å²) in [5.41, 5.74) is 7.79. The minimum Gasteiger partial charge on any atom is -0.393 e. The molecule has 0 saturated carbocycles. The Bertz CT molecular complexity index is 541. The molecule has 0 aliphatic heterocycles. The van der Waals surface area contributed by atoms with Crippen LogP contribution < -0.4 is 16.0 Å². The zero-order chi connectivity index (χ0) is 14.4. The van der Waals surface area contributed by atoms with Gasteiger partial charge in [-0.05, 0) is 18.6 Å². The molecule has 0 bridgehead atoms. The monoisotopic (exact) mass is 271 g/mol. The van der Waals surface area contributed by atoms with Crippen LogP contribution in [0.1, 0.15) is 19.8 Å². The average Bonchev–Trinajstić information content (AvgIpc) is 2.49. The summed E-state index contributed by atoms with van der Waals surface area (Å²) >= 11 is 0. The molecule has 0 fully saturated rings. The molecule has 1 aromatic heterocycles. The summed E-state index contributed by atoms with van der Waals surface area (Å²) in [6, 6.07) is 10.0. The first kappa shape index (κ1) is 14.1. The molecule has 1 aromatic carbocycles. The van der Waals surface area contributed by atoms with E-state index in [-0.39, 0.29) is 0 Å². The Hall–Kier alpha value is -2.30. The van der Waals surface area contributed by atoms with Crippen LogP contribution in [-0.2, 0) is 0 Å². The second-order valence-electron chi connectivity index (χ2n) is 4.63. The fraction of sp³-hybridized carbons (Fsp3) is 0.333. The summed E-state index contributed by atoms with van der Waals surface area (Å²) in [4.78, 5) is 10.5. The van der Waals surface area contributed by atoms with Crippen LogP contribution in [0.2, 0.25) is 0 Å². The van der Waals surface area contributed by atoms with Gasteiger partial charge in [0.25, 0.3) is 0 Å². The van der Waals surface area contributed by atoms with E-state index in [1.54, 1.807) is 6.33 Å². The Morgan fingerprint density at radius 3 is 2.65 bits per heavy atom. The van der Waals surface area contributed by atoms with Crippen molar-refractivity contribution in [1.82, 2.24) is 9.97 Å². The average molecular weight is 271 g/mol. The van der Waals surface area contributed by atoms with Gasteiger partial charge in [0.2, 0.25) is 0 Å². The Morgan fingerprint density at radius 2 is 1.95 bits per heavy atom. The second-order valence-corrected chi connectivity index (χ2v) is 4.63. The van der Waals surface area contributed by atoms with Gasteiger partial charge in [-0.2, -0.15) is 0 Å². The SMILES string of the molecule is CCCCNc1ncnc(N(C)c2ccccc2)c1N. The first-order chi connectivity index (χ1) is 9.74. The lowest BCUT2D eigenvalue weighted by Crippen LogP contribution is -2.16. The number of benzene rings is 1. The maximum Gasteiger partial charge on any atom is 0.161 e. The van der Waals surface area contributed by atoms with Gasteiger partial charge >= 0.3 is 0 Å². The Labute approximate surface area is 119 Å². The van der Waals surface area contributed by atoms with Crippen molar-refractivity contribution in [3.05, 3.63) is 36.7 Å². The maximum absolute atomic E-state index is 6.17. The van der Waals surface area contributed by atoms with Crippen LogP contribution in [0.4, 0.5) is 23.0 Å². The van der Waals surface area contributed by atoms with Crippen LogP contribution in [0.15, 0.2) is 36.7 Å². The minimum atomic E-state index is 0.579. The molecule has 0 unspecified atom stereocenters. The van der Waals surface area contributed by atoms with E-state index in [4.69, 9.17) is 5.73 Å². The molecule has 0 atom stereocenters. The van der Waals surface area contributed by atoms with Crippen molar-refractivity contribution in [2.24, 2.45) is 0 Å². The van der Waals surface area contributed by atoms with E-state index >= 15 is 0 Å². The standard InChI is InChI=1S/C15H21N5/c1-3-4-10-17-14-13(16)15(19-11-18-14)20(2)12-8-6-5-7-9-12/h5-9,11H,3-4,10,16H2,1-2H3,(H,17,18,19). The van der Waals surface area contributed by atoms with Crippen molar-refractivity contribution >= 4 is 23.0 Å². The summed E-state index contributed by atoms with van der Waals surface area (Å²) < 4.78 is 0. The third-order valence-electron chi connectivity index (χ3n) is 3.15. The number of nitrogens with zero attached hydrogens (tertiary/aromatic N) is 3. The van der Waals surface area contributed by atoms with Crippen LogP contribution >= 0.6 is 0 Å². The maximum atomic E-state index is 6.17. The fourth-order valence-corrected chi connectivity index (χ4v) is 1.95. The number of nitrogen functional groups attached to an aromatic ring is 1. The predicted molar refractivity (Wildman–Crippen MR) is 84.3 cm³/mol. The van der Waals surface area contributed by atoms with E-state index in [0.29, 0.717) is 17.3 Å². The van der Waals surface area contributed by atoms with E-state index in [2.05, 4.69) is 22.2 Å². The van der Waals surface area contributed by atoms with E-state index in [1.807, 2.05) is 42.3 Å². The molecule has 106 valence electrons. The van der Waals surface area contributed by atoms with Crippen molar-refractivity contribution < 1.29 is 0 Å². The number of rotatable bonds is 6. The number of hydrogen-bond acceptors (Lipinski definition) is 5. The summed E-state index contributed by atoms with van der Waals surface area (Å²) in [7, 11) is 1.95. The van der Waals surface area contributed by atoms with Crippen molar-refractivity contribution in [3.63, 3.8) is 0 Å². The van der Waals surface area contributed by atoms with Gasteiger partial charge in [-0.3, -0.25) is 0 Å². The van der Waals surface area contributed by atoms with E-state index in [0.717, 1.165) is 25.1 Å². The molecule has 1 heterocycles. The molecule has 5 heteroatoms. The minimum absolute atomic E-state index is 0.579. The van der Waals surface area contributed by atoms with Crippen LogP contribution in [0.25, 0.3) is 0 Å². The van der Waals surface area contributed by atoms with Gasteiger partial charge in [-0.1, -0.05) is 31.5 Å². The van der Waals surface area contributed by atoms with Gasteiger partial charge < -0.3 is 16.0 Å². The van der Waals surface area contributed by atoms with E-state index < -0.39 is 0 Å². The third-order valence-corrected chi connectivity index (χ3v) is 3.15. The fourth-order valence-electron chi connectivity index (χ4n) is 1.95. The molecular weight excluding hydrogens is 250 g/mol. The Kier molecular flexibility index (Phi) is 4.76. The van der Waals surface area contributed by atoms with E-state index in [1.165, 1.54) is 0 Å². The molecule has 0 amide bonds. The number of nitrogens with two attached hydrogens (primary N) is 1. The van der Waals surface area contributed by atoms with Gasteiger partial charge in [0.05, 0.1) is 0 Å². The molecule has 3 N–H and O–H groups in total. The largest absolute Gasteiger partial charge is 0.393 e. The van der Waals surface area contributed by atoms with Gasteiger partial charge in [0.15, 0.2) is 11.6 Å². The summed E-state index contributed by atoms with van der Waals surface area (Å²) in [5.74, 6) is 1.41. The van der Waals surface area contributed by atoms with Crippen LogP contribution in [0.3, 0.4) is 0 Å².